The first-order valence-electron chi connectivity index (χ1n) is 7.31. The largest absolute Gasteiger partial charge is 0.480 e. The summed E-state index contributed by atoms with van der Waals surface area (Å²) in [5.41, 5.74) is 0. The summed E-state index contributed by atoms with van der Waals surface area (Å²) in [5, 5.41) is 9.10. The molecule has 2 aliphatic heterocycles. The quantitative estimate of drug-likeness (QED) is 0.773. The van der Waals surface area contributed by atoms with Crippen LogP contribution in [0.1, 0.15) is 26.2 Å². The minimum atomic E-state index is -2.98. The van der Waals surface area contributed by atoms with Crippen LogP contribution in [0.15, 0.2) is 0 Å². The summed E-state index contributed by atoms with van der Waals surface area (Å²) < 4.78 is 23.3. The Balaban J connectivity index is 2.03. The monoisotopic (exact) mass is 304 g/mol. The van der Waals surface area contributed by atoms with Crippen LogP contribution in [0.25, 0.3) is 0 Å². The highest BCUT2D eigenvalue weighted by atomic mass is 32.2. The summed E-state index contributed by atoms with van der Waals surface area (Å²) in [6.07, 6.45) is 2.43. The van der Waals surface area contributed by atoms with Crippen LogP contribution >= 0.6 is 0 Å². The zero-order chi connectivity index (χ0) is 14.8. The second-order valence-electron chi connectivity index (χ2n) is 5.79. The molecule has 0 spiro atoms. The minimum Gasteiger partial charge on any atom is -0.480 e. The zero-order valence-electron chi connectivity index (χ0n) is 12.0. The molecule has 1 N–H and O–H groups in total. The van der Waals surface area contributed by atoms with Gasteiger partial charge >= 0.3 is 5.97 Å². The molecule has 0 aromatic heterocycles. The molecule has 2 aliphatic rings. The molecule has 0 bridgehead atoms. The number of piperidine rings is 1. The molecule has 0 saturated carbocycles. The fourth-order valence-corrected chi connectivity index (χ4v) is 5.06. The Kier molecular flexibility index (Phi) is 5.04. The number of nitrogens with zero attached hydrogens (tertiary/aromatic N) is 2. The molecule has 1 atom stereocenters. The van der Waals surface area contributed by atoms with Gasteiger partial charge in [-0.15, -0.1) is 0 Å². The van der Waals surface area contributed by atoms with Crippen molar-refractivity contribution in [2.45, 2.75) is 38.3 Å². The summed E-state index contributed by atoms with van der Waals surface area (Å²) >= 11 is 0. The predicted molar refractivity (Wildman–Crippen MR) is 76.5 cm³/mol. The van der Waals surface area contributed by atoms with Crippen molar-refractivity contribution in [2.75, 3.05) is 37.7 Å². The molecule has 2 saturated heterocycles. The topological polar surface area (TPSA) is 77.9 Å². The lowest BCUT2D eigenvalue weighted by atomic mass is 10.0. The van der Waals surface area contributed by atoms with E-state index in [1.54, 1.807) is 0 Å². The standard InChI is InChI=1S/C13H24N2O4S/c1-2-14-6-3-11(4-7-14)15(9-13(16)17)12-5-8-20(18,19)10-12/h11-12H,2-10H2,1H3,(H,16,17). The number of carbonyl (C=O) groups is 1. The van der Waals surface area contributed by atoms with Crippen LogP contribution in [-0.2, 0) is 14.6 Å². The lowest BCUT2D eigenvalue weighted by molar-refractivity contribution is -0.139. The van der Waals surface area contributed by atoms with Gasteiger partial charge in [-0.25, -0.2) is 8.42 Å². The molecule has 1 unspecified atom stereocenters. The molecule has 116 valence electrons. The second-order valence-corrected chi connectivity index (χ2v) is 8.02. The van der Waals surface area contributed by atoms with Crippen molar-refractivity contribution in [2.24, 2.45) is 0 Å². The third-order valence-electron chi connectivity index (χ3n) is 4.47. The van der Waals surface area contributed by atoms with Crippen molar-refractivity contribution in [3.05, 3.63) is 0 Å². The van der Waals surface area contributed by atoms with Crippen LogP contribution in [0.4, 0.5) is 0 Å². The van der Waals surface area contributed by atoms with Crippen molar-refractivity contribution in [3.8, 4) is 0 Å². The van der Waals surface area contributed by atoms with Gasteiger partial charge in [0.1, 0.15) is 0 Å². The number of rotatable bonds is 5. The number of hydrogen-bond donors (Lipinski definition) is 1. The van der Waals surface area contributed by atoms with Crippen LogP contribution in [0.3, 0.4) is 0 Å². The number of likely N-dealkylation sites (tertiary alicyclic amines) is 1. The van der Waals surface area contributed by atoms with E-state index in [1.807, 2.05) is 4.90 Å². The van der Waals surface area contributed by atoms with Crippen LogP contribution in [0.5, 0.6) is 0 Å². The maximum absolute atomic E-state index is 11.6. The van der Waals surface area contributed by atoms with Crippen LogP contribution < -0.4 is 0 Å². The lowest BCUT2D eigenvalue weighted by Gasteiger charge is -2.40. The molecule has 0 aromatic carbocycles. The number of hydrogen-bond acceptors (Lipinski definition) is 5. The fourth-order valence-electron chi connectivity index (χ4n) is 3.32. The molecular weight excluding hydrogens is 280 g/mol. The summed E-state index contributed by atoms with van der Waals surface area (Å²) in [6.45, 7) is 5.03. The van der Waals surface area contributed by atoms with Gasteiger partial charge in [-0.05, 0) is 38.9 Å². The Morgan fingerprint density at radius 1 is 1.25 bits per heavy atom. The first kappa shape index (κ1) is 15.7. The second kappa shape index (κ2) is 6.41. The Morgan fingerprint density at radius 2 is 1.90 bits per heavy atom. The number of sulfone groups is 1. The SMILES string of the molecule is CCN1CCC(N(CC(=O)O)C2CCS(=O)(=O)C2)CC1. The average molecular weight is 304 g/mol. The van der Waals surface area contributed by atoms with E-state index in [9.17, 15) is 13.2 Å². The first-order chi connectivity index (χ1) is 9.41. The molecule has 2 rings (SSSR count). The van der Waals surface area contributed by atoms with Crippen molar-refractivity contribution >= 4 is 15.8 Å². The van der Waals surface area contributed by atoms with Crippen molar-refractivity contribution in [1.82, 2.24) is 9.80 Å². The molecule has 0 aromatic rings. The number of aliphatic carboxylic acids is 1. The summed E-state index contributed by atoms with van der Waals surface area (Å²) in [4.78, 5) is 15.4. The molecular formula is C13H24N2O4S. The van der Waals surface area contributed by atoms with Gasteiger partial charge in [0.15, 0.2) is 9.84 Å². The third kappa shape index (κ3) is 3.93. The number of carboxylic acids is 1. The maximum Gasteiger partial charge on any atom is 0.317 e. The highest BCUT2D eigenvalue weighted by Crippen LogP contribution is 2.24. The highest BCUT2D eigenvalue weighted by molar-refractivity contribution is 7.91. The van der Waals surface area contributed by atoms with E-state index in [0.29, 0.717) is 6.42 Å². The van der Waals surface area contributed by atoms with Gasteiger partial charge in [-0.1, -0.05) is 6.92 Å². The van der Waals surface area contributed by atoms with Crippen molar-refractivity contribution in [3.63, 3.8) is 0 Å². The fraction of sp³-hybridized carbons (Fsp3) is 0.923. The van der Waals surface area contributed by atoms with E-state index < -0.39 is 15.8 Å². The predicted octanol–water partition coefficient (Wildman–Crippen LogP) is 0.0444. The molecule has 2 fully saturated rings. The molecule has 0 radical (unpaired) electrons. The van der Waals surface area contributed by atoms with Gasteiger partial charge in [0.2, 0.25) is 0 Å². The summed E-state index contributed by atoms with van der Waals surface area (Å²) in [7, 11) is -2.98. The Labute approximate surface area is 120 Å². The van der Waals surface area contributed by atoms with E-state index in [0.717, 1.165) is 32.5 Å². The van der Waals surface area contributed by atoms with E-state index in [4.69, 9.17) is 5.11 Å². The van der Waals surface area contributed by atoms with Gasteiger partial charge in [0.25, 0.3) is 0 Å². The zero-order valence-corrected chi connectivity index (χ0v) is 12.8. The van der Waals surface area contributed by atoms with E-state index in [2.05, 4.69) is 11.8 Å². The normalized spacial score (nSPS) is 28.0. The van der Waals surface area contributed by atoms with Crippen LogP contribution in [0.2, 0.25) is 0 Å². The van der Waals surface area contributed by atoms with Crippen molar-refractivity contribution < 1.29 is 18.3 Å². The van der Waals surface area contributed by atoms with Crippen LogP contribution in [-0.4, -0.2) is 79.1 Å². The van der Waals surface area contributed by atoms with E-state index in [1.165, 1.54) is 0 Å². The van der Waals surface area contributed by atoms with Gasteiger partial charge in [0.05, 0.1) is 18.1 Å². The highest BCUT2D eigenvalue weighted by Gasteiger charge is 2.37. The average Bonchev–Trinajstić information content (AvgIpc) is 2.76. The first-order valence-corrected chi connectivity index (χ1v) is 9.13. The number of carboxylic acid groups (broad SMARTS) is 1. The van der Waals surface area contributed by atoms with Crippen molar-refractivity contribution in [1.29, 1.82) is 0 Å². The lowest BCUT2D eigenvalue weighted by Crippen LogP contribution is -2.51. The minimum absolute atomic E-state index is 0.0447. The van der Waals surface area contributed by atoms with Gasteiger partial charge < -0.3 is 10.0 Å². The molecule has 0 aliphatic carbocycles. The molecule has 0 amide bonds. The Hall–Kier alpha value is -0.660. The Bertz CT molecular complexity index is 443. The van der Waals surface area contributed by atoms with E-state index >= 15 is 0 Å². The van der Waals surface area contributed by atoms with Crippen LogP contribution in [0, 0.1) is 0 Å². The summed E-state index contributed by atoms with van der Waals surface area (Å²) in [5.74, 6) is -0.553. The van der Waals surface area contributed by atoms with Gasteiger partial charge in [-0.3, -0.25) is 9.69 Å². The smallest absolute Gasteiger partial charge is 0.317 e. The summed E-state index contributed by atoms with van der Waals surface area (Å²) in [6, 6.07) is 0.0847. The third-order valence-corrected chi connectivity index (χ3v) is 6.22. The Morgan fingerprint density at radius 3 is 2.35 bits per heavy atom. The molecule has 20 heavy (non-hydrogen) atoms. The van der Waals surface area contributed by atoms with E-state index in [-0.39, 0.29) is 30.1 Å². The van der Waals surface area contributed by atoms with Gasteiger partial charge in [0, 0.05) is 12.1 Å². The molecule has 2 heterocycles. The molecule has 7 heteroatoms. The maximum atomic E-state index is 11.6. The molecule has 6 nitrogen and oxygen atoms in total. The van der Waals surface area contributed by atoms with Gasteiger partial charge in [-0.2, -0.15) is 0 Å².